The summed E-state index contributed by atoms with van der Waals surface area (Å²) in [6, 6.07) is 7.30. The van der Waals surface area contributed by atoms with Crippen molar-refractivity contribution < 1.29 is 8.42 Å². The van der Waals surface area contributed by atoms with Crippen molar-refractivity contribution in [1.82, 2.24) is 5.32 Å². The fourth-order valence-electron chi connectivity index (χ4n) is 2.43. The number of rotatable bonds is 5. The van der Waals surface area contributed by atoms with Gasteiger partial charge in [0.1, 0.15) is 0 Å². The van der Waals surface area contributed by atoms with Gasteiger partial charge in [-0.2, -0.15) is 12.8 Å². The van der Waals surface area contributed by atoms with Gasteiger partial charge in [0, 0.05) is 18.0 Å². The fraction of sp³-hybridized carbons (Fsp3) is 0.500. The second-order valence-electron chi connectivity index (χ2n) is 5.33. The van der Waals surface area contributed by atoms with Gasteiger partial charge in [-0.1, -0.05) is 32.0 Å². The van der Waals surface area contributed by atoms with Crippen LogP contribution >= 0.6 is 0 Å². The highest BCUT2D eigenvalue weighted by Crippen LogP contribution is 2.28. The molecule has 1 heterocycles. The molecule has 0 saturated carbocycles. The van der Waals surface area contributed by atoms with E-state index in [1.54, 1.807) is 12.1 Å². The van der Waals surface area contributed by atoms with Crippen molar-refractivity contribution in [1.29, 1.82) is 0 Å². The number of fused-ring (bicyclic) bond motifs is 1. The van der Waals surface area contributed by atoms with E-state index in [9.17, 15) is 8.42 Å². The van der Waals surface area contributed by atoms with E-state index >= 15 is 0 Å². The molecule has 19 heavy (non-hydrogen) atoms. The lowest BCUT2D eigenvalue weighted by Gasteiger charge is -2.18. The Labute approximate surface area is 115 Å². The summed E-state index contributed by atoms with van der Waals surface area (Å²) in [5, 5.41) is 3.24. The molecule has 0 saturated heterocycles. The Morgan fingerprint density at radius 2 is 1.95 bits per heavy atom. The molecule has 0 radical (unpaired) electrons. The highest BCUT2D eigenvalue weighted by atomic mass is 32.2. The first-order valence-electron chi connectivity index (χ1n) is 6.54. The third-order valence-corrected chi connectivity index (χ3v) is 4.68. The SMILES string of the molecule is CNC(CC1=NS(=O)(=O)c2ccccc21)CC(C)C. The lowest BCUT2D eigenvalue weighted by Crippen LogP contribution is -2.29. The van der Waals surface area contributed by atoms with Crippen molar-refractivity contribution >= 4 is 15.7 Å². The van der Waals surface area contributed by atoms with Gasteiger partial charge in [-0.05, 0) is 25.5 Å². The molecule has 2 rings (SSSR count). The molecule has 104 valence electrons. The Bertz CT molecular complexity index is 591. The number of nitrogens with zero attached hydrogens (tertiary/aromatic N) is 1. The molecule has 1 aliphatic rings. The summed E-state index contributed by atoms with van der Waals surface area (Å²) in [6.07, 6.45) is 1.64. The second kappa shape index (κ2) is 5.43. The Balaban J connectivity index is 2.27. The van der Waals surface area contributed by atoms with E-state index in [2.05, 4.69) is 23.6 Å². The van der Waals surface area contributed by atoms with Gasteiger partial charge in [0.25, 0.3) is 10.0 Å². The fourth-order valence-corrected chi connectivity index (χ4v) is 3.70. The minimum absolute atomic E-state index is 0.250. The van der Waals surface area contributed by atoms with Gasteiger partial charge in [0.05, 0.1) is 10.6 Å². The molecule has 1 aromatic carbocycles. The van der Waals surface area contributed by atoms with Crippen LogP contribution in [-0.4, -0.2) is 27.2 Å². The Morgan fingerprint density at radius 3 is 2.58 bits per heavy atom. The predicted molar refractivity (Wildman–Crippen MR) is 77.1 cm³/mol. The van der Waals surface area contributed by atoms with Crippen molar-refractivity contribution in [2.75, 3.05) is 7.05 Å². The highest BCUT2D eigenvalue weighted by molar-refractivity contribution is 7.90. The van der Waals surface area contributed by atoms with E-state index < -0.39 is 10.0 Å². The Kier molecular flexibility index (Phi) is 4.06. The average molecular weight is 280 g/mol. The zero-order chi connectivity index (χ0) is 14.0. The first-order valence-corrected chi connectivity index (χ1v) is 7.98. The molecule has 0 fully saturated rings. The molecule has 1 atom stereocenters. The highest BCUT2D eigenvalue weighted by Gasteiger charge is 2.29. The Hall–Kier alpha value is -1.20. The minimum atomic E-state index is -3.48. The van der Waals surface area contributed by atoms with Gasteiger partial charge in [-0.3, -0.25) is 0 Å². The smallest absolute Gasteiger partial charge is 0.283 e. The van der Waals surface area contributed by atoms with Crippen molar-refractivity contribution in [3.63, 3.8) is 0 Å². The van der Waals surface area contributed by atoms with E-state index in [4.69, 9.17) is 0 Å². The van der Waals surface area contributed by atoms with Gasteiger partial charge < -0.3 is 5.32 Å². The molecule has 0 aromatic heterocycles. The first-order chi connectivity index (χ1) is 8.94. The van der Waals surface area contributed by atoms with Crippen LogP contribution < -0.4 is 5.32 Å². The maximum absolute atomic E-state index is 11.9. The molecule has 0 aliphatic carbocycles. The summed E-state index contributed by atoms with van der Waals surface area (Å²) in [4.78, 5) is 0.337. The number of benzene rings is 1. The van der Waals surface area contributed by atoms with Crippen LogP contribution in [0, 0.1) is 5.92 Å². The molecule has 0 spiro atoms. The number of hydrogen-bond acceptors (Lipinski definition) is 3. The minimum Gasteiger partial charge on any atom is -0.317 e. The molecular formula is C14H20N2O2S. The monoisotopic (exact) mass is 280 g/mol. The molecule has 1 aliphatic heterocycles. The number of hydrogen-bond donors (Lipinski definition) is 1. The van der Waals surface area contributed by atoms with Crippen LogP contribution in [0.4, 0.5) is 0 Å². The van der Waals surface area contributed by atoms with E-state index in [1.165, 1.54) is 0 Å². The Morgan fingerprint density at radius 1 is 1.26 bits per heavy atom. The van der Waals surface area contributed by atoms with Gasteiger partial charge in [0.2, 0.25) is 0 Å². The van der Waals surface area contributed by atoms with Crippen LogP contribution in [0.1, 0.15) is 32.3 Å². The summed E-state index contributed by atoms with van der Waals surface area (Å²) in [7, 11) is -1.57. The van der Waals surface area contributed by atoms with Gasteiger partial charge in [0.15, 0.2) is 0 Å². The molecule has 4 nitrogen and oxygen atoms in total. The lowest BCUT2D eigenvalue weighted by molar-refractivity contribution is 0.453. The largest absolute Gasteiger partial charge is 0.317 e. The van der Waals surface area contributed by atoms with E-state index in [0.29, 0.717) is 22.9 Å². The summed E-state index contributed by atoms with van der Waals surface area (Å²) in [6.45, 7) is 4.32. The third kappa shape index (κ3) is 3.04. The summed E-state index contributed by atoms with van der Waals surface area (Å²) >= 11 is 0. The van der Waals surface area contributed by atoms with Crippen LogP contribution in [0.5, 0.6) is 0 Å². The predicted octanol–water partition coefficient (Wildman–Crippen LogP) is 2.20. The molecule has 0 amide bonds. The van der Waals surface area contributed by atoms with E-state index in [-0.39, 0.29) is 6.04 Å². The van der Waals surface area contributed by atoms with Gasteiger partial charge >= 0.3 is 0 Å². The topological polar surface area (TPSA) is 58.5 Å². The van der Waals surface area contributed by atoms with Gasteiger partial charge in [-0.25, -0.2) is 0 Å². The maximum atomic E-state index is 11.9. The molecule has 1 unspecified atom stereocenters. The summed E-state index contributed by atoms with van der Waals surface area (Å²) < 4.78 is 27.8. The molecule has 1 aromatic rings. The van der Waals surface area contributed by atoms with Crippen LogP contribution in [-0.2, 0) is 10.0 Å². The van der Waals surface area contributed by atoms with Crippen LogP contribution in [0.2, 0.25) is 0 Å². The quantitative estimate of drug-likeness (QED) is 0.899. The van der Waals surface area contributed by atoms with Crippen LogP contribution in [0.3, 0.4) is 0 Å². The van der Waals surface area contributed by atoms with E-state index in [1.807, 2.05) is 19.2 Å². The average Bonchev–Trinajstić information content (AvgIpc) is 2.60. The van der Waals surface area contributed by atoms with Crippen LogP contribution in [0.15, 0.2) is 33.6 Å². The van der Waals surface area contributed by atoms with Gasteiger partial charge in [-0.15, -0.1) is 0 Å². The summed E-state index contributed by atoms with van der Waals surface area (Å²) in [5.74, 6) is 0.561. The van der Waals surface area contributed by atoms with Crippen molar-refractivity contribution in [2.24, 2.45) is 10.3 Å². The van der Waals surface area contributed by atoms with Crippen LogP contribution in [0.25, 0.3) is 0 Å². The molecule has 1 N–H and O–H groups in total. The normalized spacial score (nSPS) is 18.2. The number of sulfonamides is 1. The van der Waals surface area contributed by atoms with Crippen molar-refractivity contribution in [2.45, 2.75) is 37.6 Å². The van der Waals surface area contributed by atoms with Crippen molar-refractivity contribution in [3.05, 3.63) is 29.8 Å². The second-order valence-corrected chi connectivity index (χ2v) is 6.90. The third-order valence-electron chi connectivity index (χ3n) is 3.31. The first kappa shape index (κ1) is 14.2. The lowest BCUT2D eigenvalue weighted by atomic mass is 9.96. The van der Waals surface area contributed by atoms with E-state index in [0.717, 1.165) is 12.0 Å². The van der Waals surface area contributed by atoms with Crippen molar-refractivity contribution in [3.8, 4) is 0 Å². The molecule has 0 bridgehead atoms. The molecule has 5 heteroatoms. The zero-order valence-electron chi connectivity index (χ0n) is 11.6. The maximum Gasteiger partial charge on any atom is 0.283 e. The summed E-state index contributed by atoms with van der Waals surface area (Å²) in [5.41, 5.74) is 1.43. The standard InChI is InChI=1S/C14H20N2O2S/c1-10(2)8-11(15-3)9-13-12-6-4-5-7-14(12)19(17,18)16-13/h4-7,10-11,15H,8-9H2,1-3H3. The molecular weight excluding hydrogens is 260 g/mol. The number of nitrogens with one attached hydrogen (secondary N) is 1. The zero-order valence-corrected chi connectivity index (χ0v) is 12.4.